The second-order valence-electron chi connectivity index (χ2n) is 6.26. The third kappa shape index (κ3) is 3.32. The van der Waals surface area contributed by atoms with Gasteiger partial charge >= 0.3 is 0 Å². The smallest absolute Gasteiger partial charge is 0.231 e. The third-order valence-corrected chi connectivity index (χ3v) is 5.42. The van der Waals surface area contributed by atoms with Crippen LogP contribution in [0, 0.1) is 18.8 Å². The molecule has 2 amide bonds. The van der Waals surface area contributed by atoms with Crippen molar-refractivity contribution in [1.82, 2.24) is 9.88 Å². The molecule has 1 aliphatic carbocycles. The topological polar surface area (TPSA) is 62.3 Å². The van der Waals surface area contributed by atoms with Gasteiger partial charge in [-0.15, -0.1) is 11.3 Å². The molecule has 0 unspecified atom stereocenters. The van der Waals surface area contributed by atoms with Crippen LogP contribution in [-0.2, 0) is 16.0 Å². The summed E-state index contributed by atoms with van der Waals surface area (Å²) in [5.74, 6) is 0.377. The van der Waals surface area contributed by atoms with Crippen LogP contribution in [0.15, 0.2) is 0 Å². The highest BCUT2D eigenvalue weighted by atomic mass is 32.1. The van der Waals surface area contributed by atoms with Crippen molar-refractivity contribution in [2.75, 3.05) is 18.4 Å². The summed E-state index contributed by atoms with van der Waals surface area (Å²) in [5, 5.41) is 3.63. The van der Waals surface area contributed by atoms with Gasteiger partial charge in [0, 0.05) is 23.9 Å². The van der Waals surface area contributed by atoms with Gasteiger partial charge in [-0.1, -0.05) is 6.92 Å². The summed E-state index contributed by atoms with van der Waals surface area (Å²) in [7, 11) is 0. The Labute approximate surface area is 135 Å². The van der Waals surface area contributed by atoms with Gasteiger partial charge in [-0.3, -0.25) is 9.59 Å². The van der Waals surface area contributed by atoms with Crippen LogP contribution < -0.4 is 5.32 Å². The largest absolute Gasteiger partial charge is 0.342 e. The first-order valence-electron chi connectivity index (χ1n) is 8.14. The molecule has 1 saturated heterocycles. The fraction of sp³-hybridized carbons (Fsp3) is 0.688. The van der Waals surface area contributed by atoms with Crippen LogP contribution in [-0.4, -0.2) is 34.8 Å². The summed E-state index contributed by atoms with van der Waals surface area (Å²) in [6, 6.07) is 0. The number of carbonyl (C=O) groups excluding carboxylic acids is 2. The number of anilines is 1. The molecule has 0 spiro atoms. The summed E-state index contributed by atoms with van der Waals surface area (Å²) in [6.07, 6.45) is 4.68. The lowest BCUT2D eigenvalue weighted by Gasteiger charge is -2.32. The number of nitrogens with one attached hydrogen (secondary N) is 1. The molecule has 22 heavy (non-hydrogen) atoms. The normalized spacial score (nSPS) is 21.7. The molecular formula is C16H23N3O2S. The van der Waals surface area contributed by atoms with Crippen LogP contribution in [0.1, 0.15) is 43.2 Å². The van der Waals surface area contributed by atoms with Crippen molar-refractivity contribution < 1.29 is 9.59 Å². The number of hydrogen-bond donors (Lipinski definition) is 1. The molecule has 1 aromatic rings. The van der Waals surface area contributed by atoms with Gasteiger partial charge in [-0.05, 0) is 39.0 Å². The molecule has 1 saturated carbocycles. The zero-order valence-electron chi connectivity index (χ0n) is 13.2. The standard InChI is InChI=1S/C16H23N3O2S/c1-3-13-10(2)22-16(17-13)18-14(20)12-5-4-8-19(9-12)15(21)11-6-7-11/h11-12H,3-9H2,1-2H3,(H,17,18,20)/t12-/m0/s1. The highest BCUT2D eigenvalue weighted by Crippen LogP contribution is 2.32. The Bertz CT molecular complexity index is 580. The van der Waals surface area contributed by atoms with E-state index in [-0.39, 0.29) is 23.7 Å². The monoisotopic (exact) mass is 321 g/mol. The molecule has 2 fully saturated rings. The maximum Gasteiger partial charge on any atom is 0.231 e. The first-order chi connectivity index (χ1) is 10.6. The highest BCUT2D eigenvalue weighted by Gasteiger charge is 2.36. The second-order valence-corrected chi connectivity index (χ2v) is 7.47. The van der Waals surface area contributed by atoms with Crippen LogP contribution in [0.5, 0.6) is 0 Å². The molecule has 0 radical (unpaired) electrons. The quantitative estimate of drug-likeness (QED) is 0.927. The van der Waals surface area contributed by atoms with Crippen molar-refractivity contribution in [3.05, 3.63) is 10.6 Å². The van der Waals surface area contributed by atoms with E-state index in [2.05, 4.69) is 17.2 Å². The van der Waals surface area contributed by atoms with Crippen molar-refractivity contribution in [2.45, 2.75) is 46.0 Å². The number of piperidine rings is 1. The van der Waals surface area contributed by atoms with Crippen LogP contribution >= 0.6 is 11.3 Å². The number of rotatable bonds is 4. The fourth-order valence-electron chi connectivity index (χ4n) is 3.00. The van der Waals surface area contributed by atoms with Gasteiger partial charge < -0.3 is 10.2 Å². The van der Waals surface area contributed by atoms with Gasteiger partial charge in [-0.2, -0.15) is 0 Å². The predicted octanol–water partition coefficient (Wildman–Crippen LogP) is 2.60. The van der Waals surface area contributed by atoms with Crippen molar-refractivity contribution in [1.29, 1.82) is 0 Å². The van der Waals surface area contributed by atoms with E-state index in [4.69, 9.17) is 0 Å². The molecule has 5 nitrogen and oxygen atoms in total. The third-order valence-electron chi connectivity index (χ3n) is 4.49. The lowest BCUT2D eigenvalue weighted by Crippen LogP contribution is -2.44. The lowest BCUT2D eigenvalue weighted by atomic mass is 9.97. The van der Waals surface area contributed by atoms with Crippen LogP contribution in [0.4, 0.5) is 5.13 Å². The number of likely N-dealkylation sites (tertiary alicyclic amines) is 1. The fourth-order valence-corrected chi connectivity index (χ4v) is 3.90. The molecular weight excluding hydrogens is 298 g/mol. The average molecular weight is 321 g/mol. The molecule has 0 aromatic carbocycles. The van der Waals surface area contributed by atoms with Crippen LogP contribution in [0.3, 0.4) is 0 Å². The van der Waals surface area contributed by atoms with E-state index >= 15 is 0 Å². The number of hydrogen-bond acceptors (Lipinski definition) is 4. The van der Waals surface area contributed by atoms with E-state index in [1.807, 2.05) is 11.8 Å². The van der Waals surface area contributed by atoms with Gasteiger partial charge in [0.2, 0.25) is 11.8 Å². The SMILES string of the molecule is CCc1nc(NC(=O)[C@H]2CCCN(C(=O)C3CC3)C2)sc1C. The number of aryl methyl sites for hydroxylation is 2. The summed E-state index contributed by atoms with van der Waals surface area (Å²) in [6.45, 7) is 5.46. The molecule has 6 heteroatoms. The minimum absolute atomic E-state index is 0.00435. The van der Waals surface area contributed by atoms with Crippen LogP contribution in [0.25, 0.3) is 0 Å². The number of carbonyl (C=O) groups is 2. The molecule has 1 N–H and O–H groups in total. The van der Waals surface area contributed by atoms with Gasteiger partial charge in [-0.25, -0.2) is 4.98 Å². The summed E-state index contributed by atoms with van der Waals surface area (Å²) in [4.78, 5) is 32.1. The Morgan fingerprint density at radius 1 is 1.32 bits per heavy atom. The Balaban J connectivity index is 1.60. The second kappa shape index (κ2) is 6.36. The Kier molecular flexibility index (Phi) is 4.47. The highest BCUT2D eigenvalue weighted by molar-refractivity contribution is 7.15. The van der Waals surface area contributed by atoms with E-state index < -0.39 is 0 Å². The molecule has 2 heterocycles. The zero-order valence-corrected chi connectivity index (χ0v) is 14.0. The van der Waals surface area contributed by atoms with E-state index in [0.29, 0.717) is 11.7 Å². The van der Waals surface area contributed by atoms with Crippen molar-refractivity contribution in [2.24, 2.45) is 11.8 Å². The molecule has 1 aliphatic heterocycles. The maximum atomic E-state index is 12.4. The number of amides is 2. The molecule has 2 aliphatic rings. The van der Waals surface area contributed by atoms with E-state index in [1.54, 1.807) is 0 Å². The molecule has 1 atom stereocenters. The summed E-state index contributed by atoms with van der Waals surface area (Å²) in [5.41, 5.74) is 1.05. The summed E-state index contributed by atoms with van der Waals surface area (Å²) < 4.78 is 0. The van der Waals surface area contributed by atoms with E-state index in [9.17, 15) is 9.59 Å². The zero-order chi connectivity index (χ0) is 15.7. The van der Waals surface area contributed by atoms with Gasteiger partial charge in [0.15, 0.2) is 5.13 Å². The molecule has 120 valence electrons. The summed E-state index contributed by atoms with van der Waals surface area (Å²) >= 11 is 1.53. The average Bonchev–Trinajstić information content (AvgIpc) is 3.31. The van der Waals surface area contributed by atoms with E-state index in [1.165, 1.54) is 11.3 Å². The van der Waals surface area contributed by atoms with Crippen molar-refractivity contribution in [3.8, 4) is 0 Å². The van der Waals surface area contributed by atoms with Crippen LogP contribution in [0.2, 0.25) is 0 Å². The lowest BCUT2D eigenvalue weighted by molar-refractivity contribution is -0.135. The predicted molar refractivity (Wildman–Crippen MR) is 86.9 cm³/mol. The van der Waals surface area contributed by atoms with Crippen molar-refractivity contribution in [3.63, 3.8) is 0 Å². The van der Waals surface area contributed by atoms with Gasteiger partial charge in [0.1, 0.15) is 0 Å². The Morgan fingerprint density at radius 3 is 2.73 bits per heavy atom. The Hall–Kier alpha value is -1.43. The van der Waals surface area contributed by atoms with E-state index in [0.717, 1.165) is 49.2 Å². The number of nitrogens with zero attached hydrogens (tertiary/aromatic N) is 2. The minimum atomic E-state index is -0.106. The number of aromatic nitrogens is 1. The molecule has 0 bridgehead atoms. The minimum Gasteiger partial charge on any atom is -0.342 e. The Morgan fingerprint density at radius 2 is 2.09 bits per heavy atom. The maximum absolute atomic E-state index is 12.4. The van der Waals surface area contributed by atoms with Crippen molar-refractivity contribution >= 4 is 28.3 Å². The first kappa shape index (κ1) is 15.5. The van der Waals surface area contributed by atoms with Gasteiger partial charge in [0.25, 0.3) is 0 Å². The molecule has 1 aromatic heterocycles. The molecule has 3 rings (SSSR count). The number of thiazole rings is 1. The van der Waals surface area contributed by atoms with Gasteiger partial charge in [0.05, 0.1) is 11.6 Å². The first-order valence-corrected chi connectivity index (χ1v) is 8.96.